The van der Waals surface area contributed by atoms with Crippen molar-refractivity contribution in [2.24, 2.45) is 5.41 Å². The van der Waals surface area contributed by atoms with Gasteiger partial charge in [0.15, 0.2) is 0 Å². The van der Waals surface area contributed by atoms with E-state index in [1.54, 1.807) is 0 Å². The summed E-state index contributed by atoms with van der Waals surface area (Å²) in [6.07, 6.45) is 7.19. The van der Waals surface area contributed by atoms with Gasteiger partial charge >= 0.3 is 0 Å². The first-order valence-electron chi connectivity index (χ1n) is 7.82. The van der Waals surface area contributed by atoms with Crippen molar-refractivity contribution in [3.63, 3.8) is 0 Å². The lowest BCUT2D eigenvalue weighted by atomic mass is 9.87. The Kier molecular flexibility index (Phi) is 4.20. The molecule has 3 aliphatic rings. The Labute approximate surface area is 116 Å². The molecule has 2 saturated heterocycles. The Hall–Kier alpha value is -0.450. The van der Waals surface area contributed by atoms with E-state index in [4.69, 9.17) is 4.74 Å². The number of likely N-dealkylation sites (tertiary alicyclic amines) is 1. The standard InChI is InChI=1S/C15H26N2O2/c18-13-15(4-1-2-5-15)12-16-6-3-14(11-16)17-7-9-19-10-8-17/h13-14H,1-12H2. The van der Waals surface area contributed by atoms with Gasteiger partial charge in [-0.2, -0.15) is 0 Å². The van der Waals surface area contributed by atoms with E-state index in [1.165, 1.54) is 25.5 Å². The zero-order chi connectivity index (χ0) is 13.1. The quantitative estimate of drug-likeness (QED) is 0.715. The van der Waals surface area contributed by atoms with Crippen LogP contribution in [0.25, 0.3) is 0 Å². The summed E-state index contributed by atoms with van der Waals surface area (Å²) >= 11 is 0. The maximum Gasteiger partial charge on any atom is 0.127 e. The molecule has 0 radical (unpaired) electrons. The summed E-state index contributed by atoms with van der Waals surface area (Å²) in [5.74, 6) is 0. The first-order chi connectivity index (χ1) is 9.31. The number of aldehydes is 1. The first kappa shape index (κ1) is 13.5. The van der Waals surface area contributed by atoms with Gasteiger partial charge in [0, 0.05) is 37.6 Å². The van der Waals surface area contributed by atoms with Gasteiger partial charge in [0.05, 0.1) is 13.2 Å². The second-order valence-corrected chi connectivity index (χ2v) is 6.51. The number of rotatable bonds is 4. The minimum atomic E-state index is -0.0140. The minimum Gasteiger partial charge on any atom is -0.379 e. The molecule has 1 aliphatic carbocycles. The molecular weight excluding hydrogens is 240 g/mol. The monoisotopic (exact) mass is 266 g/mol. The lowest BCUT2D eigenvalue weighted by Gasteiger charge is -2.33. The fraction of sp³-hybridized carbons (Fsp3) is 0.933. The molecule has 4 heteroatoms. The summed E-state index contributed by atoms with van der Waals surface area (Å²) in [5, 5.41) is 0. The molecule has 0 aromatic rings. The van der Waals surface area contributed by atoms with E-state index in [2.05, 4.69) is 9.80 Å². The fourth-order valence-corrected chi connectivity index (χ4v) is 4.03. The smallest absolute Gasteiger partial charge is 0.127 e. The molecule has 1 atom stereocenters. The zero-order valence-electron chi connectivity index (χ0n) is 11.9. The van der Waals surface area contributed by atoms with Crippen molar-refractivity contribution in [3.05, 3.63) is 0 Å². The van der Waals surface area contributed by atoms with Crippen LogP contribution in [0.5, 0.6) is 0 Å². The minimum absolute atomic E-state index is 0.0140. The predicted octanol–water partition coefficient (Wildman–Crippen LogP) is 1.15. The second-order valence-electron chi connectivity index (χ2n) is 6.51. The summed E-state index contributed by atoms with van der Waals surface area (Å²) in [5.41, 5.74) is -0.0140. The number of hydrogen-bond acceptors (Lipinski definition) is 4. The molecule has 2 aliphatic heterocycles. The van der Waals surface area contributed by atoms with Crippen molar-refractivity contribution < 1.29 is 9.53 Å². The highest BCUT2D eigenvalue weighted by Crippen LogP contribution is 2.37. The van der Waals surface area contributed by atoms with Crippen LogP contribution in [0.2, 0.25) is 0 Å². The van der Waals surface area contributed by atoms with Gasteiger partial charge in [-0.25, -0.2) is 0 Å². The average Bonchev–Trinajstić information content (AvgIpc) is 3.10. The Bertz CT molecular complexity index is 309. The SMILES string of the molecule is O=CC1(CN2CCC(N3CCOCC3)C2)CCCC1. The highest BCUT2D eigenvalue weighted by molar-refractivity contribution is 5.60. The highest BCUT2D eigenvalue weighted by atomic mass is 16.5. The largest absolute Gasteiger partial charge is 0.379 e. The molecular formula is C15H26N2O2. The van der Waals surface area contributed by atoms with Crippen LogP contribution in [0.4, 0.5) is 0 Å². The lowest BCUT2D eigenvalue weighted by molar-refractivity contribution is -0.116. The summed E-state index contributed by atoms with van der Waals surface area (Å²) in [4.78, 5) is 16.5. The maximum atomic E-state index is 11.4. The number of nitrogens with zero attached hydrogens (tertiary/aromatic N) is 2. The average molecular weight is 266 g/mol. The van der Waals surface area contributed by atoms with Crippen molar-refractivity contribution in [2.45, 2.75) is 38.1 Å². The molecule has 0 N–H and O–H groups in total. The van der Waals surface area contributed by atoms with Crippen LogP contribution in [-0.4, -0.2) is 68.1 Å². The van der Waals surface area contributed by atoms with Crippen LogP contribution in [0.1, 0.15) is 32.1 Å². The van der Waals surface area contributed by atoms with E-state index in [9.17, 15) is 4.79 Å². The van der Waals surface area contributed by atoms with E-state index in [1.807, 2.05) is 0 Å². The van der Waals surface area contributed by atoms with Gasteiger partial charge in [0.2, 0.25) is 0 Å². The van der Waals surface area contributed by atoms with Crippen LogP contribution in [0.3, 0.4) is 0 Å². The van der Waals surface area contributed by atoms with Crippen LogP contribution in [-0.2, 0) is 9.53 Å². The summed E-state index contributed by atoms with van der Waals surface area (Å²) < 4.78 is 5.43. The van der Waals surface area contributed by atoms with Crippen molar-refractivity contribution in [1.82, 2.24) is 9.80 Å². The maximum absolute atomic E-state index is 11.4. The molecule has 108 valence electrons. The van der Waals surface area contributed by atoms with Gasteiger partial charge in [-0.15, -0.1) is 0 Å². The van der Waals surface area contributed by atoms with Crippen molar-refractivity contribution in [2.75, 3.05) is 45.9 Å². The van der Waals surface area contributed by atoms with Crippen molar-refractivity contribution >= 4 is 6.29 Å². The van der Waals surface area contributed by atoms with Gasteiger partial charge in [-0.3, -0.25) is 4.90 Å². The fourth-order valence-electron chi connectivity index (χ4n) is 4.03. The molecule has 0 amide bonds. The molecule has 3 fully saturated rings. The number of ether oxygens (including phenoxy) is 1. The molecule has 1 saturated carbocycles. The van der Waals surface area contributed by atoms with E-state index in [0.717, 1.165) is 58.8 Å². The molecule has 4 nitrogen and oxygen atoms in total. The summed E-state index contributed by atoms with van der Waals surface area (Å²) in [6, 6.07) is 0.689. The van der Waals surface area contributed by atoms with Crippen LogP contribution in [0.15, 0.2) is 0 Å². The third-order valence-electron chi connectivity index (χ3n) is 5.20. The van der Waals surface area contributed by atoms with Crippen molar-refractivity contribution in [3.8, 4) is 0 Å². The van der Waals surface area contributed by atoms with Gasteiger partial charge in [0.1, 0.15) is 6.29 Å². The molecule has 2 heterocycles. The predicted molar refractivity (Wildman–Crippen MR) is 74.2 cm³/mol. The van der Waals surface area contributed by atoms with E-state index >= 15 is 0 Å². The number of carbonyl (C=O) groups is 1. The number of morpholine rings is 1. The molecule has 0 spiro atoms. The van der Waals surface area contributed by atoms with Gasteiger partial charge < -0.3 is 14.4 Å². The van der Waals surface area contributed by atoms with Crippen molar-refractivity contribution in [1.29, 1.82) is 0 Å². The van der Waals surface area contributed by atoms with E-state index in [-0.39, 0.29) is 5.41 Å². The Morgan fingerprint density at radius 1 is 1.16 bits per heavy atom. The van der Waals surface area contributed by atoms with E-state index in [0.29, 0.717) is 6.04 Å². The summed E-state index contributed by atoms with van der Waals surface area (Å²) in [7, 11) is 0. The van der Waals surface area contributed by atoms with Crippen LogP contribution < -0.4 is 0 Å². The number of carbonyl (C=O) groups excluding carboxylic acids is 1. The first-order valence-corrected chi connectivity index (χ1v) is 7.82. The van der Waals surface area contributed by atoms with Crippen LogP contribution >= 0.6 is 0 Å². The van der Waals surface area contributed by atoms with Gasteiger partial charge in [0.25, 0.3) is 0 Å². The third kappa shape index (κ3) is 3.01. The Morgan fingerprint density at radius 2 is 1.89 bits per heavy atom. The molecule has 19 heavy (non-hydrogen) atoms. The molecule has 0 aromatic heterocycles. The third-order valence-corrected chi connectivity index (χ3v) is 5.20. The normalized spacial score (nSPS) is 32.7. The second kappa shape index (κ2) is 5.90. The summed E-state index contributed by atoms with van der Waals surface area (Å²) in [6.45, 7) is 7.24. The highest BCUT2D eigenvalue weighted by Gasteiger charge is 2.38. The van der Waals surface area contributed by atoms with Gasteiger partial charge in [-0.1, -0.05) is 12.8 Å². The molecule has 3 rings (SSSR count). The van der Waals surface area contributed by atoms with Gasteiger partial charge in [-0.05, 0) is 25.8 Å². The molecule has 0 aromatic carbocycles. The molecule has 0 bridgehead atoms. The van der Waals surface area contributed by atoms with E-state index < -0.39 is 0 Å². The molecule has 1 unspecified atom stereocenters. The Morgan fingerprint density at radius 3 is 2.58 bits per heavy atom. The zero-order valence-corrected chi connectivity index (χ0v) is 11.9. The topological polar surface area (TPSA) is 32.8 Å². The lowest BCUT2D eigenvalue weighted by Crippen LogP contribution is -2.45. The van der Waals surface area contributed by atoms with Crippen LogP contribution in [0, 0.1) is 5.41 Å². The Balaban J connectivity index is 1.52. The number of hydrogen-bond donors (Lipinski definition) is 0.